The molecule has 64 valence electrons. The van der Waals surface area contributed by atoms with Crippen LogP contribution in [0.25, 0.3) is 0 Å². The van der Waals surface area contributed by atoms with Gasteiger partial charge in [0.2, 0.25) is 0 Å². The first kappa shape index (κ1) is 10.6. The van der Waals surface area contributed by atoms with Gasteiger partial charge in [0, 0.05) is 0 Å². The average molecular weight is 335 g/mol. The normalized spacial score (nSPS) is 10.0. The highest BCUT2D eigenvalue weighted by molar-refractivity contribution is 14.1. The third-order valence-electron chi connectivity index (χ3n) is 1.25. The fourth-order valence-corrected chi connectivity index (χ4v) is 1.81. The van der Waals surface area contributed by atoms with E-state index in [9.17, 15) is 4.79 Å². The van der Waals surface area contributed by atoms with Crippen LogP contribution in [0, 0.1) is 3.57 Å². The van der Waals surface area contributed by atoms with Gasteiger partial charge in [0.05, 0.1) is 19.2 Å². The number of carbonyl (C=O) groups excluding carboxylic acids is 1. The highest BCUT2D eigenvalue weighted by atomic mass is 127. The van der Waals surface area contributed by atoms with E-state index in [0.717, 1.165) is 0 Å². The molecular weight excluding hydrogens is 333 g/mol. The van der Waals surface area contributed by atoms with Gasteiger partial charge in [-0.25, -0.2) is 0 Å². The molecule has 1 aromatic rings. The zero-order valence-corrected chi connectivity index (χ0v) is 10.0. The molecule has 5 heteroatoms. The summed E-state index contributed by atoms with van der Waals surface area (Å²) < 4.78 is 0.641. The minimum Gasteiger partial charge on any atom is -0.276 e. The molecule has 0 atom stereocenters. The number of rotatable bonds is 1. The van der Waals surface area contributed by atoms with Crippen LogP contribution >= 0.6 is 57.4 Å². The predicted molar refractivity (Wildman–Crippen MR) is 59.4 cm³/mol. The molecule has 0 aliphatic carbocycles. The van der Waals surface area contributed by atoms with Crippen molar-refractivity contribution in [1.82, 2.24) is 0 Å². The summed E-state index contributed by atoms with van der Waals surface area (Å²) >= 11 is 18.8. The highest BCUT2D eigenvalue weighted by Gasteiger charge is 2.12. The number of hydrogen-bond donors (Lipinski definition) is 0. The zero-order valence-electron chi connectivity index (χ0n) is 5.57. The van der Waals surface area contributed by atoms with Crippen LogP contribution in [0.5, 0.6) is 0 Å². The average Bonchev–Trinajstić information content (AvgIpc) is 2.00. The maximum Gasteiger partial charge on any atom is 0.253 e. The van der Waals surface area contributed by atoms with Crippen LogP contribution in [0.4, 0.5) is 0 Å². The third-order valence-corrected chi connectivity index (χ3v) is 3.92. The lowest BCUT2D eigenvalue weighted by molar-refractivity contribution is 0.108. The Labute approximate surface area is 98.1 Å². The first-order chi connectivity index (χ1) is 5.54. The van der Waals surface area contributed by atoms with Crippen molar-refractivity contribution in [1.29, 1.82) is 0 Å². The van der Waals surface area contributed by atoms with Crippen LogP contribution in [0.3, 0.4) is 0 Å². The van der Waals surface area contributed by atoms with E-state index in [1.807, 2.05) is 22.6 Å². The zero-order chi connectivity index (χ0) is 9.30. The Morgan fingerprint density at radius 2 is 1.92 bits per heavy atom. The van der Waals surface area contributed by atoms with Gasteiger partial charge in [-0.3, -0.25) is 4.79 Å². The maximum atomic E-state index is 10.8. The minimum atomic E-state index is -0.574. The number of hydrogen-bond acceptors (Lipinski definition) is 1. The fraction of sp³-hybridized carbons (Fsp3) is 0. The van der Waals surface area contributed by atoms with Crippen molar-refractivity contribution in [3.05, 3.63) is 31.3 Å². The van der Waals surface area contributed by atoms with E-state index in [4.69, 9.17) is 34.8 Å². The summed E-state index contributed by atoms with van der Waals surface area (Å²) in [6.07, 6.45) is 0. The third kappa shape index (κ3) is 2.05. The van der Waals surface area contributed by atoms with Crippen LogP contribution in [0.15, 0.2) is 12.1 Å². The molecule has 1 nitrogen and oxygen atoms in total. The molecule has 0 aliphatic rings. The molecule has 0 aromatic heterocycles. The van der Waals surface area contributed by atoms with Crippen molar-refractivity contribution in [2.75, 3.05) is 0 Å². The lowest BCUT2D eigenvalue weighted by atomic mass is 10.2. The molecule has 0 saturated heterocycles. The van der Waals surface area contributed by atoms with Crippen molar-refractivity contribution >= 4 is 62.6 Å². The van der Waals surface area contributed by atoms with Gasteiger partial charge in [-0.2, -0.15) is 0 Å². The first-order valence-electron chi connectivity index (χ1n) is 2.87. The number of benzene rings is 1. The molecule has 0 fully saturated rings. The molecule has 0 N–H and O–H groups in total. The van der Waals surface area contributed by atoms with Crippen LogP contribution in [-0.2, 0) is 0 Å². The molecule has 1 rings (SSSR count). The quantitative estimate of drug-likeness (QED) is 0.431. The van der Waals surface area contributed by atoms with Gasteiger partial charge < -0.3 is 0 Å². The molecule has 1 aromatic carbocycles. The van der Waals surface area contributed by atoms with E-state index in [0.29, 0.717) is 13.6 Å². The van der Waals surface area contributed by atoms with Gasteiger partial charge >= 0.3 is 0 Å². The monoisotopic (exact) mass is 334 g/mol. The molecule has 0 spiro atoms. The van der Waals surface area contributed by atoms with E-state index in [1.165, 1.54) is 6.07 Å². The largest absolute Gasteiger partial charge is 0.276 e. The van der Waals surface area contributed by atoms with E-state index in [1.54, 1.807) is 6.07 Å². The lowest BCUT2D eigenvalue weighted by Crippen LogP contribution is -1.92. The molecule has 0 heterocycles. The Bertz CT molecular complexity index is 338. The second-order valence-corrected chi connectivity index (χ2v) is 4.20. The predicted octanol–water partition coefficient (Wildman–Crippen LogP) is 3.98. The molecular formula is C7H2Cl3IO. The van der Waals surface area contributed by atoms with Crippen LogP contribution in [0.1, 0.15) is 10.4 Å². The summed E-state index contributed by atoms with van der Waals surface area (Å²) in [4.78, 5) is 10.8. The van der Waals surface area contributed by atoms with E-state index >= 15 is 0 Å². The fourth-order valence-electron chi connectivity index (χ4n) is 0.678. The van der Waals surface area contributed by atoms with Crippen LogP contribution in [-0.4, -0.2) is 5.24 Å². The van der Waals surface area contributed by atoms with Gasteiger partial charge in [0.1, 0.15) is 0 Å². The van der Waals surface area contributed by atoms with Crippen molar-refractivity contribution in [3.8, 4) is 0 Å². The van der Waals surface area contributed by atoms with E-state index < -0.39 is 5.24 Å². The van der Waals surface area contributed by atoms with Gasteiger partial charge in [-0.15, -0.1) is 0 Å². The van der Waals surface area contributed by atoms with Crippen LogP contribution in [0.2, 0.25) is 10.0 Å². The van der Waals surface area contributed by atoms with E-state index in [-0.39, 0.29) is 5.56 Å². The summed E-state index contributed by atoms with van der Waals surface area (Å²) in [5, 5.41) is 0.250. The van der Waals surface area contributed by atoms with Crippen molar-refractivity contribution < 1.29 is 4.79 Å². The summed E-state index contributed by atoms with van der Waals surface area (Å²) in [6.45, 7) is 0. The Morgan fingerprint density at radius 3 is 2.42 bits per heavy atom. The topological polar surface area (TPSA) is 17.1 Å². The standard InChI is InChI=1S/C7H2Cl3IO/c8-4-2-1-3(7(10)12)5(9)6(4)11/h1-2H. The minimum absolute atomic E-state index is 0.284. The summed E-state index contributed by atoms with van der Waals surface area (Å²) in [5.74, 6) is 0. The molecule has 0 aliphatic heterocycles. The van der Waals surface area contributed by atoms with Gasteiger partial charge in [-0.1, -0.05) is 23.2 Å². The Balaban J connectivity index is 3.36. The lowest BCUT2D eigenvalue weighted by Gasteiger charge is -2.02. The molecule has 0 saturated carbocycles. The second-order valence-electron chi connectivity index (χ2n) is 2.00. The molecule has 0 unspecified atom stereocenters. The maximum absolute atomic E-state index is 10.8. The van der Waals surface area contributed by atoms with E-state index in [2.05, 4.69) is 0 Å². The first-order valence-corrected chi connectivity index (χ1v) is 5.08. The number of halogens is 4. The van der Waals surface area contributed by atoms with Gasteiger partial charge in [-0.05, 0) is 46.3 Å². The summed E-state index contributed by atoms with van der Waals surface area (Å²) in [5.41, 5.74) is 0.284. The highest BCUT2D eigenvalue weighted by Crippen LogP contribution is 2.30. The smallest absolute Gasteiger partial charge is 0.253 e. The van der Waals surface area contributed by atoms with Gasteiger partial charge in [0.25, 0.3) is 5.24 Å². The van der Waals surface area contributed by atoms with Crippen molar-refractivity contribution in [2.45, 2.75) is 0 Å². The Kier molecular flexibility index (Phi) is 3.64. The summed E-state index contributed by atoms with van der Waals surface area (Å²) in [6, 6.07) is 3.09. The molecule has 0 radical (unpaired) electrons. The van der Waals surface area contributed by atoms with Crippen molar-refractivity contribution in [3.63, 3.8) is 0 Å². The van der Waals surface area contributed by atoms with Crippen LogP contribution < -0.4 is 0 Å². The Hall–Kier alpha value is 0.490. The molecule has 12 heavy (non-hydrogen) atoms. The number of carbonyl (C=O) groups is 1. The van der Waals surface area contributed by atoms with Crippen molar-refractivity contribution in [2.24, 2.45) is 0 Å². The van der Waals surface area contributed by atoms with Gasteiger partial charge in [0.15, 0.2) is 0 Å². The molecule has 0 bridgehead atoms. The second kappa shape index (κ2) is 4.13. The Morgan fingerprint density at radius 1 is 1.33 bits per heavy atom. The summed E-state index contributed by atoms with van der Waals surface area (Å²) in [7, 11) is 0. The molecule has 0 amide bonds. The SMILES string of the molecule is O=C(Cl)c1ccc(Cl)c(I)c1Cl.